The van der Waals surface area contributed by atoms with Crippen LogP contribution in [-0.2, 0) is 13.1 Å². The maximum absolute atomic E-state index is 10.6. The van der Waals surface area contributed by atoms with Crippen molar-refractivity contribution in [2.75, 3.05) is 13.2 Å². The Labute approximate surface area is 185 Å². The fourth-order valence-corrected chi connectivity index (χ4v) is 4.09. The molecule has 0 spiro atoms. The number of hydrogen-bond donors (Lipinski definition) is 1. The van der Waals surface area contributed by atoms with Gasteiger partial charge in [-0.15, -0.1) is 0 Å². The summed E-state index contributed by atoms with van der Waals surface area (Å²) < 4.78 is 11.9. The third-order valence-corrected chi connectivity index (χ3v) is 5.66. The molecule has 1 N–H and O–H groups in total. The molecule has 5 nitrogen and oxygen atoms in total. The van der Waals surface area contributed by atoms with Crippen molar-refractivity contribution in [3.05, 3.63) is 89.3 Å². The minimum absolute atomic E-state index is 0.138. The van der Waals surface area contributed by atoms with Gasteiger partial charge in [0.25, 0.3) is 0 Å². The van der Waals surface area contributed by atoms with Crippen LogP contribution >= 0.6 is 11.6 Å². The summed E-state index contributed by atoms with van der Waals surface area (Å²) in [6.07, 6.45) is 1.74. The number of furan rings is 1. The quantitative estimate of drug-likeness (QED) is 0.444. The topological polar surface area (TPSA) is 58.7 Å². The Bertz CT molecular complexity index is 1210. The van der Waals surface area contributed by atoms with E-state index in [2.05, 4.69) is 9.88 Å². The van der Waals surface area contributed by atoms with Crippen molar-refractivity contribution >= 4 is 11.6 Å². The van der Waals surface area contributed by atoms with Crippen LogP contribution < -0.4 is 4.74 Å². The summed E-state index contributed by atoms with van der Waals surface area (Å²) in [6.45, 7) is 2.46. The second-order valence-electron chi connectivity index (χ2n) is 7.50. The largest absolute Gasteiger partial charge is 0.504 e. The van der Waals surface area contributed by atoms with E-state index < -0.39 is 0 Å². The predicted octanol–water partition coefficient (Wildman–Crippen LogP) is 5.76. The number of aromatic hydroxyl groups is 1. The van der Waals surface area contributed by atoms with Gasteiger partial charge in [-0.25, -0.2) is 0 Å². The molecule has 3 heterocycles. The Kier molecular flexibility index (Phi) is 5.37. The average molecular weight is 433 g/mol. The molecular formula is C25H21ClN2O3. The zero-order valence-corrected chi connectivity index (χ0v) is 17.5. The van der Waals surface area contributed by atoms with Crippen LogP contribution in [0.4, 0.5) is 0 Å². The summed E-state index contributed by atoms with van der Waals surface area (Å²) in [4.78, 5) is 6.64. The number of halogens is 1. The van der Waals surface area contributed by atoms with Crippen molar-refractivity contribution in [3.8, 4) is 34.1 Å². The second kappa shape index (κ2) is 8.46. The zero-order valence-electron chi connectivity index (χ0n) is 16.8. The molecule has 4 aromatic rings. The summed E-state index contributed by atoms with van der Waals surface area (Å²) in [5, 5.41) is 11.2. The standard InChI is InChI=1S/C25H21ClN2O3/c26-21-6-2-1-5-20(21)24-9-8-19(31-24)16-28-11-12-30-25-18(15-28)13-17(14-23(25)29)22-7-3-4-10-27-22/h1-10,13-14,29H,11-12,15-16H2. The first-order valence-corrected chi connectivity index (χ1v) is 10.5. The molecule has 0 fully saturated rings. The third kappa shape index (κ3) is 4.15. The third-order valence-electron chi connectivity index (χ3n) is 5.34. The molecule has 0 saturated carbocycles. The lowest BCUT2D eigenvalue weighted by Gasteiger charge is -2.18. The van der Waals surface area contributed by atoms with E-state index in [-0.39, 0.29) is 5.75 Å². The molecule has 5 rings (SSSR count). The van der Waals surface area contributed by atoms with Gasteiger partial charge in [0, 0.05) is 36.0 Å². The van der Waals surface area contributed by atoms with Gasteiger partial charge in [-0.2, -0.15) is 0 Å². The van der Waals surface area contributed by atoms with E-state index >= 15 is 0 Å². The molecule has 2 aromatic carbocycles. The Morgan fingerprint density at radius 3 is 2.74 bits per heavy atom. The van der Waals surface area contributed by atoms with E-state index in [0.717, 1.165) is 40.4 Å². The van der Waals surface area contributed by atoms with Crippen LogP contribution in [-0.4, -0.2) is 28.1 Å². The molecule has 31 heavy (non-hydrogen) atoms. The summed E-state index contributed by atoms with van der Waals surface area (Å²) in [7, 11) is 0. The molecule has 2 aromatic heterocycles. The summed E-state index contributed by atoms with van der Waals surface area (Å²) in [6, 6.07) is 21.0. The molecule has 0 amide bonds. The van der Waals surface area contributed by atoms with E-state index in [1.165, 1.54) is 0 Å². The highest BCUT2D eigenvalue weighted by Crippen LogP contribution is 2.37. The van der Waals surface area contributed by atoms with E-state index in [1.807, 2.05) is 60.7 Å². The van der Waals surface area contributed by atoms with Crippen molar-refractivity contribution in [1.29, 1.82) is 0 Å². The Balaban J connectivity index is 1.39. The van der Waals surface area contributed by atoms with Gasteiger partial charge in [0.05, 0.1) is 17.3 Å². The van der Waals surface area contributed by atoms with Gasteiger partial charge < -0.3 is 14.3 Å². The minimum atomic E-state index is 0.138. The number of ether oxygens (including phenoxy) is 1. The molecule has 0 atom stereocenters. The number of fused-ring (bicyclic) bond motifs is 1. The Morgan fingerprint density at radius 2 is 1.90 bits per heavy atom. The Hall–Kier alpha value is -3.28. The van der Waals surface area contributed by atoms with Crippen molar-refractivity contribution < 1.29 is 14.3 Å². The van der Waals surface area contributed by atoms with Crippen molar-refractivity contribution in [3.63, 3.8) is 0 Å². The monoisotopic (exact) mass is 432 g/mol. The lowest BCUT2D eigenvalue weighted by molar-refractivity contribution is 0.205. The molecule has 1 aliphatic rings. The van der Waals surface area contributed by atoms with Gasteiger partial charge in [0.1, 0.15) is 18.1 Å². The predicted molar refractivity (Wildman–Crippen MR) is 120 cm³/mol. The number of phenolic OH excluding ortho intramolecular Hbond substituents is 1. The van der Waals surface area contributed by atoms with Gasteiger partial charge in [0.15, 0.2) is 11.5 Å². The molecular weight excluding hydrogens is 412 g/mol. The summed E-state index contributed by atoms with van der Waals surface area (Å²) in [5.41, 5.74) is 3.48. The molecule has 1 aliphatic heterocycles. The Morgan fingerprint density at radius 1 is 1.03 bits per heavy atom. The van der Waals surface area contributed by atoms with Gasteiger partial charge in [0.2, 0.25) is 0 Å². The molecule has 0 saturated heterocycles. The van der Waals surface area contributed by atoms with Crippen LogP contribution in [0.2, 0.25) is 5.02 Å². The smallest absolute Gasteiger partial charge is 0.165 e. The summed E-state index contributed by atoms with van der Waals surface area (Å²) >= 11 is 6.30. The normalized spacial score (nSPS) is 14.0. The first kappa shape index (κ1) is 19.7. The van der Waals surface area contributed by atoms with Crippen LogP contribution in [0.15, 0.2) is 77.3 Å². The highest BCUT2D eigenvalue weighted by Gasteiger charge is 2.21. The molecule has 156 valence electrons. The van der Waals surface area contributed by atoms with Gasteiger partial charge in [-0.1, -0.05) is 29.8 Å². The number of hydrogen-bond acceptors (Lipinski definition) is 5. The number of nitrogens with zero attached hydrogens (tertiary/aromatic N) is 2. The van der Waals surface area contributed by atoms with Crippen LogP contribution in [0.25, 0.3) is 22.6 Å². The van der Waals surface area contributed by atoms with E-state index in [0.29, 0.717) is 30.5 Å². The molecule has 0 aliphatic carbocycles. The molecule has 0 radical (unpaired) electrons. The lowest BCUT2D eigenvalue weighted by Crippen LogP contribution is -2.25. The van der Waals surface area contributed by atoms with Crippen LogP contribution in [0, 0.1) is 0 Å². The van der Waals surface area contributed by atoms with Gasteiger partial charge >= 0.3 is 0 Å². The van der Waals surface area contributed by atoms with Crippen LogP contribution in [0.1, 0.15) is 11.3 Å². The van der Waals surface area contributed by atoms with E-state index in [1.54, 1.807) is 12.3 Å². The number of pyridine rings is 1. The SMILES string of the molecule is Oc1cc(-c2ccccn2)cc2c1OCCN(Cc1ccc(-c3ccccc3Cl)o1)C2. The fourth-order valence-electron chi connectivity index (χ4n) is 3.86. The number of benzene rings is 2. The molecule has 0 bridgehead atoms. The maximum Gasteiger partial charge on any atom is 0.165 e. The second-order valence-corrected chi connectivity index (χ2v) is 7.91. The number of aromatic nitrogens is 1. The molecule has 0 unspecified atom stereocenters. The van der Waals surface area contributed by atoms with Crippen LogP contribution in [0.3, 0.4) is 0 Å². The summed E-state index contributed by atoms with van der Waals surface area (Å²) in [5.74, 6) is 2.28. The van der Waals surface area contributed by atoms with Gasteiger partial charge in [-0.3, -0.25) is 9.88 Å². The first-order valence-electron chi connectivity index (χ1n) is 10.1. The average Bonchev–Trinajstić information content (AvgIpc) is 3.14. The lowest BCUT2D eigenvalue weighted by atomic mass is 10.0. The van der Waals surface area contributed by atoms with Crippen LogP contribution in [0.5, 0.6) is 11.5 Å². The van der Waals surface area contributed by atoms with E-state index in [9.17, 15) is 5.11 Å². The molecule has 6 heteroatoms. The van der Waals surface area contributed by atoms with Crippen molar-refractivity contribution in [1.82, 2.24) is 9.88 Å². The number of phenols is 1. The highest BCUT2D eigenvalue weighted by atomic mass is 35.5. The van der Waals surface area contributed by atoms with Crippen molar-refractivity contribution in [2.45, 2.75) is 13.1 Å². The first-order chi connectivity index (χ1) is 15.2. The minimum Gasteiger partial charge on any atom is -0.504 e. The fraction of sp³-hybridized carbons (Fsp3) is 0.160. The van der Waals surface area contributed by atoms with E-state index in [4.69, 9.17) is 20.8 Å². The maximum atomic E-state index is 10.6. The zero-order chi connectivity index (χ0) is 21.2. The van der Waals surface area contributed by atoms with Gasteiger partial charge in [-0.05, 0) is 48.5 Å². The number of rotatable bonds is 4. The van der Waals surface area contributed by atoms with Crippen molar-refractivity contribution in [2.24, 2.45) is 0 Å². The highest BCUT2D eigenvalue weighted by molar-refractivity contribution is 6.33.